The number of hydrogen-bond donors (Lipinski definition) is 4. The second-order valence-corrected chi connectivity index (χ2v) is 18.1. The van der Waals surface area contributed by atoms with Crippen LogP contribution < -0.4 is 10.6 Å². The molecule has 2 fully saturated rings. The van der Waals surface area contributed by atoms with E-state index in [-0.39, 0.29) is 24.2 Å². The van der Waals surface area contributed by atoms with Gasteiger partial charge in [-0.3, -0.25) is 0 Å². The molecule has 11 nitrogen and oxygen atoms in total. The normalized spacial score (nSPS) is 16.9. The van der Waals surface area contributed by atoms with E-state index in [9.17, 15) is 17.6 Å². The number of thiazole rings is 1. The highest BCUT2D eigenvalue weighted by Crippen LogP contribution is 2.40. The third-order valence-corrected chi connectivity index (χ3v) is 13.1. The summed E-state index contributed by atoms with van der Waals surface area (Å²) in [5.41, 5.74) is 7.00. The molecule has 2 atom stereocenters. The van der Waals surface area contributed by atoms with Gasteiger partial charge >= 0.3 is 0 Å². The van der Waals surface area contributed by atoms with Crippen LogP contribution in [0.5, 0.6) is 0 Å². The van der Waals surface area contributed by atoms with Crippen molar-refractivity contribution >= 4 is 33.1 Å². The molecule has 0 radical (unpaired) electrons. The van der Waals surface area contributed by atoms with Crippen molar-refractivity contribution in [2.24, 2.45) is 11.8 Å². The number of alkyl halides is 4. The van der Waals surface area contributed by atoms with E-state index >= 15 is 0 Å². The van der Waals surface area contributed by atoms with E-state index in [4.69, 9.17) is 4.52 Å². The Morgan fingerprint density at radius 2 is 1.25 bits per heavy atom. The van der Waals surface area contributed by atoms with Crippen LogP contribution in [0.3, 0.4) is 0 Å². The average molecular weight is 907 g/mol. The molecule has 2 aromatic carbocycles. The van der Waals surface area contributed by atoms with E-state index in [0.29, 0.717) is 53.1 Å². The van der Waals surface area contributed by atoms with Gasteiger partial charge in [0.25, 0.3) is 11.8 Å². The quantitative estimate of drug-likeness (QED) is 0.0985. The number of rotatable bonds is 10. The van der Waals surface area contributed by atoms with E-state index in [1.54, 1.807) is 29.9 Å². The van der Waals surface area contributed by atoms with Gasteiger partial charge in [-0.05, 0) is 95.2 Å². The number of H-pyrrole nitrogens is 2. The van der Waals surface area contributed by atoms with E-state index in [0.717, 1.165) is 121 Å². The maximum atomic E-state index is 14.5. The molecule has 65 heavy (non-hydrogen) atoms. The Morgan fingerprint density at radius 3 is 1.69 bits per heavy atom. The molecule has 8 heterocycles. The first-order valence-corrected chi connectivity index (χ1v) is 22.6. The lowest BCUT2D eigenvalue weighted by Crippen LogP contribution is -2.31. The highest BCUT2D eigenvalue weighted by molar-refractivity contribution is 7.13. The number of halogens is 4. The molecular formula is C49H54F4N10OS. The molecule has 340 valence electrons. The zero-order valence-electron chi connectivity index (χ0n) is 36.2. The summed E-state index contributed by atoms with van der Waals surface area (Å²) in [5.74, 6) is -3.29. The molecule has 2 saturated heterocycles. The zero-order chi connectivity index (χ0) is 44.6. The Morgan fingerprint density at radius 1 is 0.723 bits per heavy atom. The number of piperidine rings is 2. The van der Waals surface area contributed by atoms with Gasteiger partial charge in [-0.25, -0.2) is 42.5 Å². The van der Waals surface area contributed by atoms with Gasteiger partial charge in [0.2, 0.25) is 0 Å². The monoisotopic (exact) mass is 906 g/mol. The third-order valence-electron chi connectivity index (χ3n) is 12.2. The molecule has 10 rings (SSSR count). The molecule has 0 spiro atoms. The SMILES string of the molecule is C.CC(F)(F)c1cnc(C[C@H]2CCCNC2)nc1-c1c[nH]c2cc(-c3nccs3)ccc12.Cc1noc(C)c1-c1ccc2c(-c3nc(C[C@H]4CCCNC4)ncc3C(C)(F)F)c[nH]c2c1. The lowest BCUT2D eigenvalue weighted by Gasteiger charge is -2.22. The molecule has 0 aliphatic carbocycles. The summed E-state index contributed by atoms with van der Waals surface area (Å²) in [7, 11) is 0. The first kappa shape index (κ1) is 45.7. The largest absolute Gasteiger partial charge is 0.361 e. The van der Waals surface area contributed by atoms with Crippen LogP contribution in [-0.2, 0) is 24.7 Å². The predicted octanol–water partition coefficient (Wildman–Crippen LogP) is 11.6. The third kappa shape index (κ3) is 9.89. The van der Waals surface area contributed by atoms with Gasteiger partial charge in [0, 0.05) is 107 Å². The number of fused-ring (bicyclic) bond motifs is 2. The molecule has 8 aromatic rings. The fourth-order valence-corrected chi connectivity index (χ4v) is 9.63. The lowest BCUT2D eigenvalue weighted by molar-refractivity contribution is 0.0166. The molecule has 2 aliphatic heterocycles. The summed E-state index contributed by atoms with van der Waals surface area (Å²) in [6.07, 6.45) is 13.7. The maximum absolute atomic E-state index is 14.5. The summed E-state index contributed by atoms with van der Waals surface area (Å²) >= 11 is 1.56. The highest BCUT2D eigenvalue weighted by Gasteiger charge is 2.33. The maximum Gasteiger partial charge on any atom is 0.274 e. The number of benzene rings is 2. The lowest BCUT2D eigenvalue weighted by atomic mass is 9.95. The van der Waals surface area contributed by atoms with Crippen molar-refractivity contribution < 1.29 is 22.1 Å². The topological polar surface area (TPSA) is 146 Å². The van der Waals surface area contributed by atoms with Gasteiger partial charge in [0.15, 0.2) is 0 Å². The molecule has 0 bridgehead atoms. The number of aromatic nitrogens is 8. The van der Waals surface area contributed by atoms with Crippen molar-refractivity contribution in [2.45, 2.75) is 85.5 Å². The van der Waals surface area contributed by atoms with Gasteiger partial charge in [-0.1, -0.05) is 36.8 Å². The van der Waals surface area contributed by atoms with Gasteiger partial charge in [-0.15, -0.1) is 11.3 Å². The molecule has 2 aliphatic rings. The summed E-state index contributed by atoms with van der Waals surface area (Å²) < 4.78 is 63.2. The van der Waals surface area contributed by atoms with Crippen LogP contribution >= 0.6 is 11.3 Å². The molecule has 6 aromatic heterocycles. The summed E-state index contributed by atoms with van der Waals surface area (Å²) in [4.78, 5) is 28.7. The second kappa shape index (κ2) is 18.9. The number of nitrogens with one attached hydrogen (secondary N) is 4. The predicted molar refractivity (Wildman–Crippen MR) is 249 cm³/mol. The fourth-order valence-electron chi connectivity index (χ4n) is 8.99. The first-order valence-electron chi connectivity index (χ1n) is 21.8. The minimum absolute atomic E-state index is 0. The molecular weight excluding hydrogens is 853 g/mol. The summed E-state index contributed by atoms with van der Waals surface area (Å²) in [6.45, 7) is 9.44. The van der Waals surface area contributed by atoms with Crippen LogP contribution in [0.4, 0.5) is 17.6 Å². The number of hydrogen-bond acceptors (Lipinski definition) is 10. The number of aromatic amines is 2. The van der Waals surface area contributed by atoms with Gasteiger partial charge in [0.05, 0.1) is 28.2 Å². The van der Waals surface area contributed by atoms with Gasteiger partial charge in [0.1, 0.15) is 22.4 Å². The Balaban J connectivity index is 0.000000175. The van der Waals surface area contributed by atoms with E-state index in [2.05, 4.69) is 50.7 Å². The zero-order valence-corrected chi connectivity index (χ0v) is 37.0. The van der Waals surface area contributed by atoms with Crippen molar-refractivity contribution in [1.82, 2.24) is 50.7 Å². The van der Waals surface area contributed by atoms with Gasteiger partial charge in [-0.2, -0.15) is 0 Å². The van der Waals surface area contributed by atoms with Crippen LogP contribution in [0.1, 0.15) is 81.2 Å². The van der Waals surface area contributed by atoms with Crippen LogP contribution in [-0.4, -0.2) is 66.2 Å². The van der Waals surface area contributed by atoms with Crippen molar-refractivity contribution in [2.75, 3.05) is 26.2 Å². The fraction of sp³-hybridized carbons (Fsp3) is 0.388. The number of nitrogens with zero attached hydrogens (tertiary/aromatic N) is 6. The van der Waals surface area contributed by atoms with Crippen LogP contribution in [0, 0.1) is 25.7 Å². The Kier molecular flexibility index (Phi) is 13.3. The number of aryl methyl sites for hydroxylation is 2. The molecule has 0 unspecified atom stereocenters. The average Bonchev–Trinajstić information content (AvgIpc) is 4.11. The highest BCUT2D eigenvalue weighted by atomic mass is 32.1. The van der Waals surface area contributed by atoms with Crippen LogP contribution in [0.2, 0.25) is 0 Å². The minimum atomic E-state index is -3.06. The molecule has 0 amide bonds. The van der Waals surface area contributed by atoms with Crippen molar-refractivity contribution in [1.29, 1.82) is 0 Å². The first-order chi connectivity index (χ1) is 30.8. The second-order valence-electron chi connectivity index (χ2n) is 17.2. The molecule has 0 saturated carbocycles. The standard InChI is InChI=1S/C25H27F2N5O.C23H23F2N5S.CH4/c1-14-23(15(2)33-32-14)17-6-7-18-19(12-29-21(18)10-17)24-20(25(3,26)27)13-30-22(31-24)9-16-5-4-8-28-11-16;1-23(24,25)18-13-29-20(9-14-3-2-6-26-11-14)30-21(18)17-12-28-19-10-15(4-5-16(17)19)22-27-7-8-31-22;/h6-7,10,12-13,16,28-29H,4-5,8-9,11H2,1-3H3;4-5,7-8,10,12-14,26,28H,2-3,6,9,11H2,1H3;1H4/t16-;14-;/m11./s1. The Bertz CT molecular complexity index is 2860. The van der Waals surface area contributed by atoms with Crippen molar-refractivity contribution in [3.05, 3.63) is 107 Å². The smallest absolute Gasteiger partial charge is 0.274 e. The van der Waals surface area contributed by atoms with E-state index in [1.165, 1.54) is 12.4 Å². The minimum Gasteiger partial charge on any atom is -0.361 e. The van der Waals surface area contributed by atoms with Crippen molar-refractivity contribution in [3.8, 4) is 44.2 Å². The molecule has 16 heteroatoms. The van der Waals surface area contributed by atoms with Gasteiger partial charge < -0.3 is 25.1 Å². The summed E-state index contributed by atoms with van der Waals surface area (Å²) in [5, 5.41) is 15.4. The van der Waals surface area contributed by atoms with Crippen LogP contribution in [0.25, 0.3) is 66.0 Å². The van der Waals surface area contributed by atoms with Crippen LogP contribution in [0.15, 0.2) is 77.3 Å². The van der Waals surface area contributed by atoms with E-state index in [1.807, 2.05) is 55.6 Å². The van der Waals surface area contributed by atoms with E-state index < -0.39 is 11.8 Å². The van der Waals surface area contributed by atoms with Crippen molar-refractivity contribution in [3.63, 3.8) is 0 Å². The molecule has 4 N–H and O–H groups in total. The Labute approximate surface area is 379 Å². The Hall–Kier alpha value is -5.84. The summed E-state index contributed by atoms with van der Waals surface area (Å²) in [6, 6.07) is 11.8.